The van der Waals surface area contributed by atoms with Crippen LogP contribution in [0.5, 0.6) is 0 Å². The zero-order valence-electron chi connectivity index (χ0n) is 10.3. The van der Waals surface area contributed by atoms with Crippen molar-refractivity contribution in [3.63, 3.8) is 0 Å². The number of aromatic nitrogens is 3. The van der Waals surface area contributed by atoms with Gasteiger partial charge in [0.15, 0.2) is 5.65 Å². The number of nitrogens with two attached hydrogens (primary N) is 1. The Morgan fingerprint density at radius 1 is 1.47 bits per heavy atom. The predicted octanol–water partition coefficient (Wildman–Crippen LogP) is 1.44. The molecule has 0 aromatic carbocycles. The van der Waals surface area contributed by atoms with E-state index in [1.165, 1.54) is 0 Å². The van der Waals surface area contributed by atoms with Crippen LogP contribution in [0.2, 0.25) is 0 Å². The molecule has 2 rings (SSSR count). The van der Waals surface area contributed by atoms with E-state index in [1.807, 2.05) is 18.3 Å². The van der Waals surface area contributed by atoms with Crippen molar-refractivity contribution < 1.29 is 0 Å². The molecule has 0 amide bonds. The van der Waals surface area contributed by atoms with E-state index >= 15 is 0 Å². The van der Waals surface area contributed by atoms with Gasteiger partial charge in [0, 0.05) is 12.5 Å². The number of imidazole rings is 1. The molecular weight excluding hydrogens is 214 g/mol. The largest absolute Gasteiger partial charge is 0.366 e. The molecular formula is C12H19N5. The topological polar surface area (TPSA) is 68.2 Å². The fraction of sp³-hybridized carbons (Fsp3) is 0.500. The molecule has 1 unspecified atom stereocenters. The van der Waals surface area contributed by atoms with Crippen molar-refractivity contribution in [3.8, 4) is 0 Å². The van der Waals surface area contributed by atoms with E-state index in [0.29, 0.717) is 12.6 Å². The van der Waals surface area contributed by atoms with Crippen molar-refractivity contribution in [2.45, 2.75) is 32.7 Å². The molecule has 3 N–H and O–H groups in total. The smallest absolute Gasteiger partial charge is 0.153 e. The monoisotopic (exact) mass is 233 g/mol. The van der Waals surface area contributed by atoms with Crippen LogP contribution in [-0.2, 0) is 6.42 Å². The van der Waals surface area contributed by atoms with Crippen molar-refractivity contribution in [3.05, 3.63) is 24.0 Å². The minimum atomic E-state index is 0.423. The van der Waals surface area contributed by atoms with Crippen LogP contribution >= 0.6 is 0 Å². The average molecular weight is 233 g/mol. The second kappa shape index (κ2) is 5.14. The summed E-state index contributed by atoms with van der Waals surface area (Å²) in [6.07, 6.45) is 3.80. The van der Waals surface area contributed by atoms with Gasteiger partial charge in [0.25, 0.3) is 0 Å². The molecule has 5 heteroatoms. The van der Waals surface area contributed by atoms with Gasteiger partial charge in [0.1, 0.15) is 5.82 Å². The maximum absolute atomic E-state index is 5.51. The van der Waals surface area contributed by atoms with E-state index in [4.69, 9.17) is 5.73 Å². The Bertz CT molecular complexity index is 491. The first-order valence-electron chi connectivity index (χ1n) is 6.05. The summed E-state index contributed by atoms with van der Waals surface area (Å²) < 4.78 is 1.80. The lowest BCUT2D eigenvalue weighted by Crippen LogP contribution is -2.15. The fourth-order valence-electron chi connectivity index (χ4n) is 1.63. The molecule has 0 saturated carbocycles. The van der Waals surface area contributed by atoms with Gasteiger partial charge in [0.05, 0.1) is 11.9 Å². The van der Waals surface area contributed by atoms with E-state index in [0.717, 1.165) is 30.0 Å². The molecule has 0 spiro atoms. The Labute approximate surface area is 101 Å². The van der Waals surface area contributed by atoms with Gasteiger partial charge < -0.3 is 11.1 Å². The van der Waals surface area contributed by atoms with Crippen LogP contribution in [0.1, 0.15) is 26.0 Å². The maximum Gasteiger partial charge on any atom is 0.153 e. The third kappa shape index (κ3) is 2.74. The second-order valence-electron chi connectivity index (χ2n) is 4.25. The molecule has 0 fully saturated rings. The maximum atomic E-state index is 5.51. The Morgan fingerprint density at radius 2 is 2.29 bits per heavy atom. The molecule has 5 nitrogen and oxygen atoms in total. The zero-order chi connectivity index (χ0) is 12.3. The van der Waals surface area contributed by atoms with Gasteiger partial charge in [-0.3, -0.25) is 0 Å². The van der Waals surface area contributed by atoms with Crippen molar-refractivity contribution in [1.82, 2.24) is 14.6 Å². The van der Waals surface area contributed by atoms with Gasteiger partial charge in [-0.15, -0.1) is 5.10 Å². The van der Waals surface area contributed by atoms with Crippen LogP contribution in [0, 0.1) is 0 Å². The summed E-state index contributed by atoms with van der Waals surface area (Å²) in [4.78, 5) is 4.44. The normalized spacial score (nSPS) is 12.9. The quantitative estimate of drug-likeness (QED) is 0.820. The molecule has 0 bridgehead atoms. The second-order valence-corrected chi connectivity index (χ2v) is 4.25. The average Bonchev–Trinajstić information content (AvgIpc) is 2.71. The summed E-state index contributed by atoms with van der Waals surface area (Å²) in [6, 6.07) is 4.35. The van der Waals surface area contributed by atoms with Crippen molar-refractivity contribution in [2.75, 3.05) is 11.9 Å². The molecule has 2 aromatic heterocycles. The lowest BCUT2D eigenvalue weighted by Gasteiger charge is -2.11. The first-order valence-corrected chi connectivity index (χ1v) is 6.05. The minimum Gasteiger partial charge on any atom is -0.366 e. The highest BCUT2D eigenvalue weighted by atomic mass is 15.3. The third-order valence-electron chi connectivity index (χ3n) is 2.78. The van der Waals surface area contributed by atoms with Crippen molar-refractivity contribution >= 4 is 11.5 Å². The van der Waals surface area contributed by atoms with Gasteiger partial charge in [0.2, 0.25) is 0 Å². The van der Waals surface area contributed by atoms with Crippen LogP contribution in [0.15, 0.2) is 18.3 Å². The molecule has 92 valence electrons. The molecule has 0 aliphatic rings. The van der Waals surface area contributed by atoms with Gasteiger partial charge in [-0.2, -0.15) is 0 Å². The lowest BCUT2D eigenvalue weighted by atomic mass is 10.2. The van der Waals surface area contributed by atoms with E-state index in [2.05, 4.69) is 29.2 Å². The van der Waals surface area contributed by atoms with Crippen LogP contribution < -0.4 is 11.1 Å². The van der Waals surface area contributed by atoms with Crippen molar-refractivity contribution in [2.24, 2.45) is 5.73 Å². The Hall–Kier alpha value is -1.62. The van der Waals surface area contributed by atoms with Crippen molar-refractivity contribution in [1.29, 1.82) is 0 Å². The molecule has 1 atom stereocenters. The van der Waals surface area contributed by atoms with Gasteiger partial charge in [-0.1, -0.05) is 6.92 Å². The van der Waals surface area contributed by atoms with Gasteiger partial charge >= 0.3 is 0 Å². The molecule has 2 heterocycles. The Kier molecular flexibility index (Phi) is 3.58. The minimum absolute atomic E-state index is 0.423. The summed E-state index contributed by atoms with van der Waals surface area (Å²) in [5, 5.41) is 7.81. The number of hydrogen-bond acceptors (Lipinski definition) is 4. The standard InChI is InChI=1S/C12H19N5/c1-3-9(2)14-11-4-5-12-15-10(6-7-13)8-17(12)16-11/h4-5,8-9H,3,6-7,13H2,1-2H3,(H,14,16). The van der Waals surface area contributed by atoms with Crippen LogP contribution in [0.4, 0.5) is 5.82 Å². The molecule has 0 radical (unpaired) electrons. The Morgan fingerprint density at radius 3 is 3.00 bits per heavy atom. The Balaban J connectivity index is 2.23. The summed E-state index contributed by atoms with van der Waals surface area (Å²) in [5.74, 6) is 0.878. The number of hydrogen-bond donors (Lipinski definition) is 2. The molecule has 0 aliphatic carbocycles. The fourth-order valence-corrected chi connectivity index (χ4v) is 1.63. The third-order valence-corrected chi connectivity index (χ3v) is 2.78. The van der Waals surface area contributed by atoms with Gasteiger partial charge in [-0.05, 0) is 32.0 Å². The first kappa shape index (κ1) is 11.9. The number of anilines is 1. The summed E-state index contributed by atoms with van der Waals surface area (Å²) in [5.41, 5.74) is 7.36. The molecule has 17 heavy (non-hydrogen) atoms. The summed E-state index contributed by atoms with van der Waals surface area (Å²) in [6.45, 7) is 4.90. The first-order chi connectivity index (χ1) is 8.22. The highest BCUT2D eigenvalue weighted by molar-refractivity contribution is 5.45. The van der Waals surface area contributed by atoms with E-state index in [-0.39, 0.29) is 0 Å². The SMILES string of the molecule is CCC(C)Nc1ccc2nc(CCN)cn2n1. The highest BCUT2D eigenvalue weighted by Gasteiger charge is 2.04. The zero-order valence-corrected chi connectivity index (χ0v) is 10.3. The number of fused-ring (bicyclic) bond motifs is 1. The molecule has 0 aliphatic heterocycles. The summed E-state index contributed by atoms with van der Waals surface area (Å²) >= 11 is 0. The van der Waals surface area contributed by atoms with E-state index in [1.54, 1.807) is 4.52 Å². The van der Waals surface area contributed by atoms with E-state index in [9.17, 15) is 0 Å². The van der Waals surface area contributed by atoms with Gasteiger partial charge in [-0.25, -0.2) is 9.50 Å². The number of rotatable bonds is 5. The lowest BCUT2D eigenvalue weighted by molar-refractivity contribution is 0.751. The summed E-state index contributed by atoms with van der Waals surface area (Å²) in [7, 11) is 0. The number of nitrogens with zero attached hydrogens (tertiary/aromatic N) is 3. The van der Waals surface area contributed by atoms with Crippen LogP contribution in [0.3, 0.4) is 0 Å². The molecule has 0 saturated heterocycles. The van der Waals surface area contributed by atoms with Crippen LogP contribution in [0.25, 0.3) is 5.65 Å². The number of nitrogens with one attached hydrogen (secondary N) is 1. The van der Waals surface area contributed by atoms with E-state index < -0.39 is 0 Å². The molecule has 2 aromatic rings. The van der Waals surface area contributed by atoms with Crippen LogP contribution in [-0.4, -0.2) is 27.2 Å². The predicted molar refractivity (Wildman–Crippen MR) is 69.1 cm³/mol. The highest BCUT2D eigenvalue weighted by Crippen LogP contribution is 2.09.